The number of para-hydroxylation sites is 1. The minimum absolute atomic E-state index is 0.210. The van der Waals surface area contributed by atoms with E-state index >= 15 is 0 Å². The summed E-state index contributed by atoms with van der Waals surface area (Å²) in [5.74, 6) is 2.54. The van der Waals surface area contributed by atoms with Gasteiger partial charge in [-0.05, 0) is 66.6 Å². The highest BCUT2D eigenvalue weighted by molar-refractivity contribution is 5.80. The van der Waals surface area contributed by atoms with Crippen molar-refractivity contribution in [3.63, 3.8) is 0 Å². The Morgan fingerprint density at radius 1 is 0.778 bits per heavy atom. The molecule has 0 bridgehead atoms. The number of hydrogen-bond donors (Lipinski definition) is 1. The summed E-state index contributed by atoms with van der Waals surface area (Å²) in [6, 6.07) is 29.2. The summed E-state index contributed by atoms with van der Waals surface area (Å²) in [5.41, 5.74) is 9.79. The maximum Gasteiger partial charge on any atom is 0.142 e. The maximum absolute atomic E-state index is 9.75. The van der Waals surface area contributed by atoms with E-state index in [1.807, 2.05) is 84.9 Å². The molecular formula is C31H31N3O2. The van der Waals surface area contributed by atoms with E-state index in [4.69, 9.17) is 15.2 Å². The number of ether oxygens (including phenoxy) is 2. The normalized spacial score (nSPS) is 10.6. The lowest BCUT2D eigenvalue weighted by atomic mass is 9.98. The Morgan fingerprint density at radius 2 is 1.42 bits per heavy atom. The van der Waals surface area contributed by atoms with Crippen molar-refractivity contribution >= 4 is 5.82 Å². The molecule has 0 spiro atoms. The largest absolute Gasteiger partial charge is 0.494 e. The number of unbranched alkanes of at least 4 members (excludes halogenated alkanes) is 4. The van der Waals surface area contributed by atoms with Crippen LogP contribution in [0.5, 0.6) is 17.2 Å². The molecule has 4 aromatic rings. The Hall–Kier alpha value is -4.30. The highest BCUT2D eigenvalue weighted by Crippen LogP contribution is 2.33. The molecule has 5 nitrogen and oxygen atoms in total. The number of hydrogen-bond acceptors (Lipinski definition) is 5. The summed E-state index contributed by atoms with van der Waals surface area (Å²) in [5, 5.41) is 9.75. The van der Waals surface area contributed by atoms with Crippen molar-refractivity contribution in [2.24, 2.45) is 0 Å². The van der Waals surface area contributed by atoms with Gasteiger partial charge in [0.1, 0.15) is 34.7 Å². The van der Waals surface area contributed by atoms with Gasteiger partial charge in [0.2, 0.25) is 0 Å². The van der Waals surface area contributed by atoms with Gasteiger partial charge in [-0.25, -0.2) is 4.98 Å². The van der Waals surface area contributed by atoms with Crippen LogP contribution in [0.15, 0.2) is 84.9 Å². The van der Waals surface area contributed by atoms with Crippen molar-refractivity contribution in [3.8, 4) is 45.7 Å². The molecule has 5 heteroatoms. The predicted molar refractivity (Wildman–Crippen MR) is 145 cm³/mol. The molecule has 0 fully saturated rings. The monoisotopic (exact) mass is 477 g/mol. The van der Waals surface area contributed by atoms with Crippen LogP contribution in [0.3, 0.4) is 0 Å². The van der Waals surface area contributed by atoms with Crippen LogP contribution in [0.4, 0.5) is 5.82 Å². The molecule has 1 heterocycles. The second kappa shape index (κ2) is 12.4. The highest BCUT2D eigenvalue weighted by Gasteiger charge is 2.14. The van der Waals surface area contributed by atoms with Crippen LogP contribution < -0.4 is 15.2 Å². The van der Waals surface area contributed by atoms with E-state index < -0.39 is 0 Å². The summed E-state index contributed by atoms with van der Waals surface area (Å²) in [7, 11) is 0. The molecule has 1 aromatic heterocycles. The smallest absolute Gasteiger partial charge is 0.142 e. The first-order valence-corrected chi connectivity index (χ1v) is 12.4. The molecule has 0 atom stereocenters. The van der Waals surface area contributed by atoms with Crippen molar-refractivity contribution in [3.05, 3.63) is 90.5 Å². The summed E-state index contributed by atoms with van der Waals surface area (Å²) in [6.07, 6.45) is 6.01. The van der Waals surface area contributed by atoms with Gasteiger partial charge in [-0.3, -0.25) is 0 Å². The first-order chi connectivity index (χ1) is 17.7. The fourth-order valence-corrected chi connectivity index (χ4v) is 4.00. The molecule has 4 rings (SSSR count). The summed E-state index contributed by atoms with van der Waals surface area (Å²) in [4.78, 5) is 4.49. The number of anilines is 1. The van der Waals surface area contributed by atoms with Crippen LogP contribution in [-0.4, -0.2) is 11.6 Å². The molecule has 2 N–H and O–H groups in total. The Bertz CT molecular complexity index is 1290. The lowest BCUT2D eigenvalue weighted by Gasteiger charge is -2.12. The van der Waals surface area contributed by atoms with E-state index in [0.29, 0.717) is 17.9 Å². The van der Waals surface area contributed by atoms with Gasteiger partial charge in [0.15, 0.2) is 0 Å². The molecule has 0 saturated carbocycles. The predicted octanol–water partition coefficient (Wildman–Crippen LogP) is 8.01. The third-order valence-corrected chi connectivity index (χ3v) is 5.97. The number of nitrogen functional groups attached to an aromatic ring is 1. The molecule has 0 unspecified atom stereocenters. The van der Waals surface area contributed by atoms with Crippen LogP contribution in [0.2, 0.25) is 0 Å². The van der Waals surface area contributed by atoms with Gasteiger partial charge in [0.05, 0.1) is 12.3 Å². The minimum atomic E-state index is 0.210. The number of pyridine rings is 1. The lowest BCUT2D eigenvalue weighted by molar-refractivity contribution is 0.304. The third kappa shape index (κ3) is 6.43. The SMILES string of the molecule is CCCCCCCOc1ccc(-c2cc(-c3ccc(Oc4ccccc4)cc3)nc(N)c2C#N)cc1. The molecule has 3 aromatic carbocycles. The van der Waals surface area contributed by atoms with E-state index in [1.54, 1.807) is 0 Å². The zero-order chi connectivity index (χ0) is 25.2. The van der Waals surface area contributed by atoms with Gasteiger partial charge in [-0.1, -0.05) is 62.9 Å². The van der Waals surface area contributed by atoms with Crippen molar-refractivity contribution in [1.29, 1.82) is 5.26 Å². The van der Waals surface area contributed by atoms with Crippen molar-refractivity contribution in [2.75, 3.05) is 12.3 Å². The van der Waals surface area contributed by atoms with Gasteiger partial charge >= 0.3 is 0 Å². The number of nitriles is 1. The van der Waals surface area contributed by atoms with Gasteiger partial charge in [0, 0.05) is 11.1 Å². The Kier molecular flexibility index (Phi) is 8.56. The number of nitrogens with zero attached hydrogens (tertiary/aromatic N) is 2. The molecule has 0 aliphatic heterocycles. The van der Waals surface area contributed by atoms with E-state index in [9.17, 15) is 5.26 Å². The molecule has 0 amide bonds. The van der Waals surface area contributed by atoms with E-state index in [-0.39, 0.29) is 5.82 Å². The molecule has 0 aliphatic carbocycles. The van der Waals surface area contributed by atoms with Gasteiger partial charge in [0.25, 0.3) is 0 Å². The standard InChI is InChI=1S/C31H31N3O2/c1-2-3-4-5-9-20-35-25-16-12-23(13-17-25)28-21-30(34-31(33)29(28)22-32)24-14-18-27(19-15-24)36-26-10-7-6-8-11-26/h6-8,10-19,21H,2-5,9,20H2,1H3,(H2,33,34). The quantitative estimate of drug-likeness (QED) is 0.221. The number of benzene rings is 3. The first-order valence-electron chi connectivity index (χ1n) is 12.4. The van der Waals surface area contributed by atoms with Gasteiger partial charge < -0.3 is 15.2 Å². The van der Waals surface area contributed by atoms with Crippen LogP contribution in [0.1, 0.15) is 44.6 Å². The zero-order valence-corrected chi connectivity index (χ0v) is 20.6. The topological polar surface area (TPSA) is 81.2 Å². The van der Waals surface area contributed by atoms with Crippen molar-refractivity contribution in [2.45, 2.75) is 39.0 Å². The summed E-state index contributed by atoms with van der Waals surface area (Å²) >= 11 is 0. The maximum atomic E-state index is 9.75. The second-order valence-corrected chi connectivity index (χ2v) is 8.65. The van der Waals surface area contributed by atoms with Gasteiger partial charge in [-0.15, -0.1) is 0 Å². The average molecular weight is 478 g/mol. The van der Waals surface area contributed by atoms with E-state index in [0.717, 1.165) is 40.4 Å². The third-order valence-electron chi connectivity index (χ3n) is 5.97. The van der Waals surface area contributed by atoms with Gasteiger partial charge in [-0.2, -0.15) is 5.26 Å². The highest BCUT2D eigenvalue weighted by atomic mass is 16.5. The Labute approximate surface area is 213 Å². The lowest BCUT2D eigenvalue weighted by Crippen LogP contribution is -2.00. The number of aromatic nitrogens is 1. The fourth-order valence-electron chi connectivity index (χ4n) is 4.00. The number of rotatable bonds is 11. The van der Waals surface area contributed by atoms with E-state index in [1.165, 1.54) is 25.7 Å². The van der Waals surface area contributed by atoms with E-state index in [2.05, 4.69) is 18.0 Å². The molecule has 36 heavy (non-hydrogen) atoms. The zero-order valence-electron chi connectivity index (χ0n) is 20.6. The minimum Gasteiger partial charge on any atom is -0.494 e. The van der Waals surface area contributed by atoms with Crippen molar-refractivity contribution in [1.82, 2.24) is 4.98 Å². The second-order valence-electron chi connectivity index (χ2n) is 8.65. The molecule has 182 valence electrons. The van der Waals surface area contributed by atoms with Crippen LogP contribution >= 0.6 is 0 Å². The van der Waals surface area contributed by atoms with Crippen LogP contribution in [0.25, 0.3) is 22.4 Å². The van der Waals surface area contributed by atoms with Crippen LogP contribution in [0, 0.1) is 11.3 Å². The summed E-state index contributed by atoms with van der Waals surface area (Å²) < 4.78 is 11.8. The number of nitrogens with two attached hydrogens (primary N) is 1. The molecule has 0 aliphatic rings. The Morgan fingerprint density at radius 3 is 2.11 bits per heavy atom. The summed E-state index contributed by atoms with van der Waals surface area (Å²) in [6.45, 7) is 2.93. The molecule has 0 radical (unpaired) electrons. The molecule has 0 saturated heterocycles. The Balaban J connectivity index is 1.50. The first kappa shape index (κ1) is 24.8. The van der Waals surface area contributed by atoms with Crippen molar-refractivity contribution < 1.29 is 9.47 Å². The molecular weight excluding hydrogens is 446 g/mol. The van der Waals surface area contributed by atoms with Crippen LogP contribution in [-0.2, 0) is 0 Å². The average Bonchev–Trinajstić information content (AvgIpc) is 2.91. The fraction of sp³-hybridized carbons (Fsp3) is 0.226.